The van der Waals surface area contributed by atoms with Crippen molar-refractivity contribution in [2.24, 2.45) is 5.92 Å². The molecular formula is C33H46N2S. The van der Waals surface area contributed by atoms with Crippen LogP contribution in [0.2, 0.25) is 0 Å². The first-order valence-electron chi connectivity index (χ1n) is 13.4. The Hall–Kier alpha value is -2.39. The van der Waals surface area contributed by atoms with Gasteiger partial charge in [-0.25, -0.2) is 0 Å². The molecule has 0 aliphatic heterocycles. The predicted molar refractivity (Wildman–Crippen MR) is 162 cm³/mol. The molecule has 0 aromatic heterocycles. The molecule has 2 N–H and O–H groups in total. The molecule has 0 amide bonds. The highest BCUT2D eigenvalue weighted by Gasteiger charge is 2.19. The minimum Gasteiger partial charge on any atom is -0.380 e. The van der Waals surface area contributed by atoms with E-state index >= 15 is 0 Å². The van der Waals surface area contributed by atoms with Gasteiger partial charge >= 0.3 is 0 Å². The number of nitrogens with one attached hydrogen (secondary N) is 2. The number of hydrogen-bond donors (Lipinski definition) is 2. The maximum Gasteiger partial charge on any atom is 0.0356 e. The van der Waals surface area contributed by atoms with Crippen LogP contribution in [0, 0.1) is 5.92 Å². The second-order valence-electron chi connectivity index (χ2n) is 12.1. The van der Waals surface area contributed by atoms with Crippen molar-refractivity contribution >= 4 is 35.3 Å². The third kappa shape index (κ3) is 7.80. The zero-order valence-electron chi connectivity index (χ0n) is 23.6. The van der Waals surface area contributed by atoms with Crippen molar-refractivity contribution < 1.29 is 0 Å². The molecule has 0 bridgehead atoms. The fourth-order valence-electron chi connectivity index (χ4n) is 4.79. The highest BCUT2D eigenvalue weighted by molar-refractivity contribution is 7.99. The summed E-state index contributed by atoms with van der Waals surface area (Å²) in [6, 6.07) is 13.3. The van der Waals surface area contributed by atoms with Gasteiger partial charge in [0.25, 0.3) is 0 Å². The van der Waals surface area contributed by atoms with Gasteiger partial charge in [0, 0.05) is 44.2 Å². The summed E-state index contributed by atoms with van der Waals surface area (Å²) in [5, 5.41) is 9.92. The zero-order chi connectivity index (χ0) is 26.5. The predicted octanol–water partition coefficient (Wildman–Crippen LogP) is 7.12. The fourth-order valence-corrected chi connectivity index (χ4v) is 6.08. The molecule has 2 nitrogen and oxygen atoms in total. The number of thioether (sulfide) groups is 1. The first-order valence-corrected chi connectivity index (χ1v) is 14.4. The summed E-state index contributed by atoms with van der Waals surface area (Å²) in [5.74, 6) is 1.64. The van der Waals surface area contributed by atoms with E-state index in [1.54, 1.807) is 0 Å². The summed E-state index contributed by atoms with van der Waals surface area (Å²) < 4.78 is 0. The number of benzene rings is 2. The van der Waals surface area contributed by atoms with Crippen LogP contribution in [0.4, 0.5) is 0 Å². The summed E-state index contributed by atoms with van der Waals surface area (Å²) in [6.45, 7) is 24.3. The van der Waals surface area contributed by atoms with Gasteiger partial charge in [-0.2, -0.15) is 0 Å². The maximum atomic E-state index is 4.50. The number of hydrogen-bond acceptors (Lipinski definition) is 3. The Morgan fingerprint density at radius 2 is 1.53 bits per heavy atom. The summed E-state index contributed by atoms with van der Waals surface area (Å²) in [6.07, 6.45) is 9.19. The SMILES string of the molecule is C=C(NC(C)(C)C)c1ccccc1SCC(CC)Cc1ccc2c(c1C(=C)NC(C)(C)C)=CCCC=2. The van der Waals surface area contributed by atoms with Gasteiger partial charge in [0.15, 0.2) is 0 Å². The lowest BCUT2D eigenvalue weighted by atomic mass is 9.90. The summed E-state index contributed by atoms with van der Waals surface area (Å²) >= 11 is 1.95. The van der Waals surface area contributed by atoms with Crippen molar-refractivity contribution in [1.29, 1.82) is 0 Å². The second-order valence-corrected chi connectivity index (χ2v) is 13.1. The van der Waals surface area contributed by atoms with Gasteiger partial charge in [-0.1, -0.05) is 69.0 Å². The van der Waals surface area contributed by atoms with Crippen molar-refractivity contribution in [2.75, 3.05) is 5.75 Å². The van der Waals surface area contributed by atoms with Crippen LogP contribution in [0.25, 0.3) is 23.5 Å². The third-order valence-electron chi connectivity index (χ3n) is 6.37. The molecule has 0 radical (unpaired) electrons. The first-order chi connectivity index (χ1) is 16.9. The monoisotopic (exact) mass is 502 g/mol. The lowest BCUT2D eigenvalue weighted by Gasteiger charge is -2.27. The molecule has 1 unspecified atom stereocenters. The van der Waals surface area contributed by atoms with Crippen LogP contribution in [-0.2, 0) is 6.42 Å². The van der Waals surface area contributed by atoms with Crippen molar-refractivity contribution in [1.82, 2.24) is 10.6 Å². The first kappa shape index (κ1) is 28.2. The molecule has 0 fully saturated rings. The standard InChI is InChI=1S/C33H46N2S/c1-10-25(22-36-30-18-14-13-16-28(30)23(2)34-32(4,5)6)21-27-20-19-26-15-11-12-17-29(26)31(27)24(3)35-33(7,8)9/h13-20,25,34-35H,2-3,10-12,21-22H2,1,4-9H3. The van der Waals surface area contributed by atoms with E-state index in [0.29, 0.717) is 5.92 Å². The third-order valence-corrected chi connectivity index (χ3v) is 7.68. The smallest absolute Gasteiger partial charge is 0.0356 e. The average molecular weight is 503 g/mol. The summed E-state index contributed by atoms with van der Waals surface area (Å²) in [7, 11) is 0. The van der Waals surface area contributed by atoms with Gasteiger partial charge in [-0.05, 0) is 88.8 Å². The van der Waals surface area contributed by atoms with Crippen LogP contribution in [-0.4, -0.2) is 16.8 Å². The molecular weight excluding hydrogens is 456 g/mol. The Balaban J connectivity index is 1.85. The number of fused-ring (bicyclic) bond motifs is 1. The van der Waals surface area contributed by atoms with E-state index in [4.69, 9.17) is 0 Å². The van der Waals surface area contributed by atoms with E-state index in [-0.39, 0.29) is 11.1 Å². The quantitative estimate of drug-likeness (QED) is 0.338. The highest BCUT2D eigenvalue weighted by atomic mass is 32.2. The van der Waals surface area contributed by atoms with Crippen LogP contribution >= 0.6 is 11.8 Å². The van der Waals surface area contributed by atoms with Crippen LogP contribution in [0.3, 0.4) is 0 Å². The lowest BCUT2D eigenvalue weighted by molar-refractivity contribution is 0.500. The molecule has 1 aliphatic rings. The van der Waals surface area contributed by atoms with Crippen LogP contribution < -0.4 is 21.1 Å². The minimum absolute atomic E-state index is 0.0123. The Kier molecular flexibility index (Phi) is 9.22. The Bertz CT molecular complexity index is 1210. The van der Waals surface area contributed by atoms with Crippen molar-refractivity contribution in [3.8, 4) is 0 Å². The van der Waals surface area contributed by atoms with Crippen molar-refractivity contribution in [3.63, 3.8) is 0 Å². The Morgan fingerprint density at radius 3 is 2.19 bits per heavy atom. The molecule has 1 atom stereocenters. The van der Waals surface area contributed by atoms with Crippen LogP contribution in [0.15, 0.2) is 54.5 Å². The zero-order valence-corrected chi connectivity index (χ0v) is 24.4. The van der Waals surface area contributed by atoms with Crippen molar-refractivity contribution in [2.45, 2.75) is 90.1 Å². The Labute approximate surface area is 224 Å². The molecule has 1 aliphatic carbocycles. The average Bonchev–Trinajstić information content (AvgIpc) is 2.79. The van der Waals surface area contributed by atoms with E-state index in [1.807, 2.05) is 11.8 Å². The highest BCUT2D eigenvalue weighted by Crippen LogP contribution is 2.31. The fraction of sp³-hybridized carbons (Fsp3) is 0.455. The maximum absolute atomic E-state index is 4.50. The van der Waals surface area contributed by atoms with Gasteiger partial charge in [0.05, 0.1) is 0 Å². The molecule has 2 aromatic carbocycles. The van der Waals surface area contributed by atoms with E-state index < -0.39 is 0 Å². The van der Waals surface area contributed by atoms with E-state index in [2.05, 4.69) is 121 Å². The second kappa shape index (κ2) is 11.8. The largest absolute Gasteiger partial charge is 0.380 e. The molecule has 2 aromatic rings. The topological polar surface area (TPSA) is 24.1 Å². The lowest BCUT2D eigenvalue weighted by Crippen LogP contribution is -2.39. The molecule has 194 valence electrons. The van der Waals surface area contributed by atoms with Gasteiger partial charge in [0.1, 0.15) is 0 Å². The van der Waals surface area contributed by atoms with E-state index in [0.717, 1.165) is 42.8 Å². The van der Waals surface area contributed by atoms with Crippen molar-refractivity contribution in [3.05, 3.63) is 76.7 Å². The van der Waals surface area contributed by atoms with Gasteiger partial charge in [-0.3, -0.25) is 0 Å². The molecule has 3 heteroatoms. The number of rotatable bonds is 10. The molecule has 0 heterocycles. The van der Waals surface area contributed by atoms with Crippen LogP contribution in [0.1, 0.15) is 84.4 Å². The van der Waals surface area contributed by atoms with Crippen LogP contribution in [0.5, 0.6) is 0 Å². The van der Waals surface area contributed by atoms with Gasteiger partial charge in [0.2, 0.25) is 0 Å². The molecule has 0 spiro atoms. The minimum atomic E-state index is -0.0251. The normalized spacial score (nSPS) is 14.2. The van der Waals surface area contributed by atoms with Gasteiger partial charge in [-0.15, -0.1) is 11.8 Å². The van der Waals surface area contributed by atoms with E-state index in [9.17, 15) is 0 Å². The van der Waals surface area contributed by atoms with E-state index in [1.165, 1.54) is 32.0 Å². The molecule has 0 saturated carbocycles. The van der Waals surface area contributed by atoms with Gasteiger partial charge < -0.3 is 10.6 Å². The molecule has 0 saturated heterocycles. The molecule has 36 heavy (non-hydrogen) atoms. The Morgan fingerprint density at radius 1 is 0.889 bits per heavy atom. The summed E-state index contributed by atoms with van der Waals surface area (Å²) in [4.78, 5) is 1.30. The molecule has 3 rings (SSSR count). The summed E-state index contributed by atoms with van der Waals surface area (Å²) in [5.41, 5.74) is 5.91.